The Kier molecular flexibility index (Phi) is 3.58. The second kappa shape index (κ2) is 4.12. The van der Waals surface area contributed by atoms with Crippen LogP contribution in [-0.2, 0) is 4.79 Å². The summed E-state index contributed by atoms with van der Waals surface area (Å²) in [4.78, 5) is 9.75. The molecular formula is C6H8O2. The van der Waals surface area contributed by atoms with Crippen LogP contribution in [0.15, 0.2) is 24.3 Å². The normalized spacial score (nSPS) is 11.1. The van der Waals surface area contributed by atoms with Gasteiger partial charge < -0.3 is 5.11 Å². The van der Waals surface area contributed by atoms with Gasteiger partial charge in [-0.15, -0.1) is 0 Å². The number of carboxylic acid groups (broad SMARTS) is 1. The maximum Gasteiger partial charge on any atom is 0.328 e. The van der Waals surface area contributed by atoms with Crippen molar-refractivity contribution in [2.45, 2.75) is 6.92 Å². The third-order valence-corrected chi connectivity index (χ3v) is 0.542. The van der Waals surface area contributed by atoms with Gasteiger partial charge in [0.25, 0.3) is 0 Å². The van der Waals surface area contributed by atoms with Gasteiger partial charge in [-0.05, 0) is 6.92 Å². The zero-order valence-electron chi connectivity index (χ0n) is 4.66. The van der Waals surface area contributed by atoms with E-state index >= 15 is 0 Å². The number of hydrogen-bond donors (Lipinski definition) is 1. The van der Waals surface area contributed by atoms with E-state index in [0.717, 1.165) is 6.08 Å². The predicted octanol–water partition coefficient (Wildman–Crippen LogP) is 1.20. The number of carboxylic acids is 1. The van der Waals surface area contributed by atoms with Crippen LogP contribution in [0.5, 0.6) is 0 Å². The monoisotopic (exact) mass is 112 g/mol. The number of carbonyl (C=O) groups is 1. The second-order valence-electron chi connectivity index (χ2n) is 1.22. The van der Waals surface area contributed by atoms with Crippen LogP contribution in [0.25, 0.3) is 0 Å². The Bertz CT molecular complexity index is 122. The van der Waals surface area contributed by atoms with Crippen molar-refractivity contribution < 1.29 is 9.90 Å². The second-order valence-corrected chi connectivity index (χ2v) is 1.22. The van der Waals surface area contributed by atoms with Gasteiger partial charge in [0.15, 0.2) is 0 Å². The first kappa shape index (κ1) is 6.95. The van der Waals surface area contributed by atoms with E-state index in [1.54, 1.807) is 12.2 Å². The first-order valence-electron chi connectivity index (χ1n) is 2.29. The van der Waals surface area contributed by atoms with E-state index < -0.39 is 5.97 Å². The van der Waals surface area contributed by atoms with E-state index in [1.165, 1.54) is 6.08 Å². The molecule has 0 saturated carbocycles. The zero-order valence-corrected chi connectivity index (χ0v) is 4.66. The predicted molar refractivity (Wildman–Crippen MR) is 31.6 cm³/mol. The van der Waals surface area contributed by atoms with Crippen LogP contribution in [0, 0.1) is 0 Å². The summed E-state index contributed by atoms with van der Waals surface area (Å²) in [7, 11) is 0. The Labute approximate surface area is 48.1 Å². The summed E-state index contributed by atoms with van der Waals surface area (Å²) in [6.07, 6.45) is 5.98. The average molecular weight is 112 g/mol. The highest BCUT2D eigenvalue weighted by Crippen LogP contribution is 1.74. The molecule has 0 amide bonds. The van der Waals surface area contributed by atoms with Crippen LogP contribution in [0.3, 0.4) is 0 Å². The third-order valence-electron chi connectivity index (χ3n) is 0.542. The number of allylic oxidation sites excluding steroid dienone is 3. The fourth-order valence-electron chi connectivity index (χ4n) is 0.249. The van der Waals surface area contributed by atoms with Crippen LogP contribution >= 0.6 is 0 Å². The van der Waals surface area contributed by atoms with Crippen LogP contribution in [0.2, 0.25) is 0 Å². The molecule has 0 saturated heterocycles. The molecular weight excluding hydrogens is 104 g/mol. The highest BCUT2D eigenvalue weighted by atomic mass is 16.4. The fraction of sp³-hybridized carbons (Fsp3) is 0.167. The van der Waals surface area contributed by atoms with Crippen molar-refractivity contribution in [2.24, 2.45) is 0 Å². The summed E-state index contributed by atoms with van der Waals surface area (Å²) >= 11 is 0. The lowest BCUT2D eigenvalue weighted by molar-refractivity contribution is -0.131. The summed E-state index contributed by atoms with van der Waals surface area (Å²) in [6, 6.07) is 0. The summed E-state index contributed by atoms with van der Waals surface area (Å²) in [5.41, 5.74) is 0. The zero-order chi connectivity index (χ0) is 6.41. The third kappa shape index (κ3) is 4.95. The molecule has 0 atom stereocenters. The molecule has 0 fully saturated rings. The van der Waals surface area contributed by atoms with Crippen LogP contribution in [0.4, 0.5) is 0 Å². The molecule has 2 heteroatoms. The van der Waals surface area contributed by atoms with Gasteiger partial charge in [-0.3, -0.25) is 0 Å². The van der Waals surface area contributed by atoms with Crippen LogP contribution in [-0.4, -0.2) is 11.1 Å². The largest absolute Gasteiger partial charge is 0.478 e. The summed E-state index contributed by atoms with van der Waals surface area (Å²) in [6.45, 7) is 1.83. The van der Waals surface area contributed by atoms with Crippen molar-refractivity contribution >= 4 is 5.97 Å². The highest BCUT2D eigenvalue weighted by molar-refractivity contribution is 5.80. The minimum absolute atomic E-state index is 0.914. The average Bonchev–Trinajstić information content (AvgIpc) is 1.66. The van der Waals surface area contributed by atoms with Crippen molar-refractivity contribution in [3.63, 3.8) is 0 Å². The van der Waals surface area contributed by atoms with Gasteiger partial charge in [-0.1, -0.05) is 18.2 Å². The van der Waals surface area contributed by atoms with Crippen LogP contribution < -0.4 is 0 Å². The van der Waals surface area contributed by atoms with E-state index in [9.17, 15) is 4.79 Å². The minimum Gasteiger partial charge on any atom is -0.478 e. The van der Waals surface area contributed by atoms with Crippen molar-refractivity contribution in [3.8, 4) is 0 Å². The van der Waals surface area contributed by atoms with Crippen molar-refractivity contribution in [1.29, 1.82) is 0 Å². The van der Waals surface area contributed by atoms with Gasteiger partial charge >= 0.3 is 5.97 Å². The molecule has 0 aliphatic rings. The van der Waals surface area contributed by atoms with Crippen molar-refractivity contribution in [2.75, 3.05) is 0 Å². The smallest absolute Gasteiger partial charge is 0.328 e. The topological polar surface area (TPSA) is 37.3 Å². The Morgan fingerprint density at radius 2 is 2.12 bits per heavy atom. The molecule has 0 heterocycles. The Morgan fingerprint density at radius 1 is 1.50 bits per heavy atom. The van der Waals surface area contributed by atoms with Gasteiger partial charge in [0.2, 0.25) is 0 Å². The Morgan fingerprint density at radius 3 is 2.50 bits per heavy atom. The lowest BCUT2D eigenvalue weighted by Gasteiger charge is -1.72. The van der Waals surface area contributed by atoms with Gasteiger partial charge in [0.05, 0.1) is 0 Å². The molecule has 8 heavy (non-hydrogen) atoms. The first-order valence-corrected chi connectivity index (χ1v) is 2.29. The molecule has 0 aliphatic carbocycles. The van der Waals surface area contributed by atoms with Gasteiger partial charge in [-0.25, -0.2) is 4.79 Å². The molecule has 0 aromatic carbocycles. The van der Waals surface area contributed by atoms with Crippen LogP contribution in [0.1, 0.15) is 6.92 Å². The lowest BCUT2D eigenvalue weighted by atomic mass is 10.4. The molecule has 0 aromatic rings. The quantitative estimate of drug-likeness (QED) is 0.430. The maximum atomic E-state index is 9.75. The summed E-state index contributed by atoms with van der Waals surface area (Å²) in [5, 5.41) is 8.02. The lowest BCUT2D eigenvalue weighted by Crippen LogP contribution is -1.83. The molecule has 0 rings (SSSR count). The van der Waals surface area contributed by atoms with E-state index in [2.05, 4.69) is 0 Å². The molecule has 2 nitrogen and oxygen atoms in total. The molecule has 0 aliphatic heterocycles. The number of rotatable bonds is 2. The molecule has 0 unspecified atom stereocenters. The van der Waals surface area contributed by atoms with E-state index in [1.807, 2.05) is 6.92 Å². The number of hydrogen-bond acceptors (Lipinski definition) is 1. The Balaban J connectivity index is 3.50. The Hall–Kier alpha value is -1.05. The van der Waals surface area contributed by atoms with Gasteiger partial charge in [0, 0.05) is 6.08 Å². The van der Waals surface area contributed by atoms with Crippen molar-refractivity contribution in [1.82, 2.24) is 0 Å². The minimum atomic E-state index is -0.914. The first-order chi connectivity index (χ1) is 3.77. The molecule has 0 aromatic heterocycles. The van der Waals surface area contributed by atoms with E-state index in [-0.39, 0.29) is 0 Å². The SMILES string of the molecule is C/C=C/C=CC(=O)O. The molecule has 0 radical (unpaired) electrons. The molecule has 0 spiro atoms. The maximum absolute atomic E-state index is 9.75. The molecule has 0 bridgehead atoms. The molecule has 44 valence electrons. The fourth-order valence-corrected chi connectivity index (χ4v) is 0.249. The summed E-state index contributed by atoms with van der Waals surface area (Å²) in [5.74, 6) is -0.914. The van der Waals surface area contributed by atoms with E-state index in [0.29, 0.717) is 0 Å². The van der Waals surface area contributed by atoms with Crippen molar-refractivity contribution in [3.05, 3.63) is 24.3 Å². The summed E-state index contributed by atoms with van der Waals surface area (Å²) < 4.78 is 0. The highest BCUT2D eigenvalue weighted by Gasteiger charge is 1.78. The standard InChI is InChI=1S/C6H8O2/c1-2-3-4-5-6(7)8/h2-5H,1H3,(H,7,8)/b3-2+,5-4?. The number of aliphatic carboxylic acids is 1. The van der Waals surface area contributed by atoms with Gasteiger partial charge in [0.1, 0.15) is 0 Å². The molecule has 1 N–H and O–H groups in total. The van der Waals surface area contributed by atoms with E-state index in [4.69, 9.17) is 5.11 Å². The van der Waals surface area contributed by atoms with Gasteiger partial charge in [-0.2, -0.15) is 0 Å².